The Morgan fingerprint density at radius 3 is 2.24 bits per heavy atom. The molecule has 0 atom stereocenters. The van der Waals surface area contributed by atoms with Gasteiger partial charge in [-0.3, -0.25) is 4.79 Å². The van der Waals surface area contributed by atoms with Crippen molar-refractivity contribution in [3.63, 3.8) is 0 Å². The molecule has 0 aromatic heterocycles. The molecule has 1 saturated carbocycles. The number of nitrogens with zero attached hydrogens (tertiary/aromatic N) is 2. The highest BCUT2D eigenvalue weighted by Gasteiger charge is 2.28. The summed E-state index contributed by atoms with van der Waals surface area (Å²) in [6.45, 7) is 0.241. The summed E-state index contributed by atoms with van der Waals surface area (Å²) >= 11 is 0. The van der Waals surface area contributed by atoms with E-state index in [0.717, 1.165) is 43.5 Å². The van der Waals surface area contributed by atoms with Crippen molar-refractivity contribution in [2.45, 2.75) is 44.6 Å². The topological polar surface area (TPSA) is 69.7 Å². The number of nitrogens with one attached hydrogen (secondary N) is 1. The van der Waals surface area contributed by atoms with Gasteiger partial charge < -0.3 is 10.2 Å². The van der Waals surface area contributed by atoms with Crippen LogP contribution < -0.4 is 10.2 Å². The fraction of sp³-hybridized carbons (Fsp3) is 0.611. The number of benzene rings is 1. The maximum absolute atomic E-state index is 12.2. The van der Waals surface area contributed by atoms with E-state index < -0.39 is 10.0 Å². The van der Waals surface area contributed by atoms with Gasteiger partial charge in [0.25, 0.3) is 0 Å². The molecule has 1 N–H and O–H groups in total. The quantitative estimate of drug-likeness (QED) is 0.804. The number of hydrogen-bond donors (Lipinski definition) is 1. The van der Waals surface area contributed by atoms with Crippen molar-refractivity contribution in [3.05, 3.63) is 24.3 Å². The van der Waals surface area contributed by atoms with E-state index in [1.807, 2.05) is 43.3 Å². The van der Waals surface area contributed by atoms with Crippen molar-refractivity contribution in [1.29, 1.82) is 0 Å². The van der Waals surface area contributed by atoms with Crippen LogP contribution in [-0.4, -0.2) is 51.6 Å². The number of hydrogen-bond acceptors (Lipinski definition) is 4. The van der Waals surface area contributed by atoms with Gasteiger partial charge in [0, 0.05) is 44.5 Å². The van der Waals surface area contributed by atoms with E-state index in [-0.39, 0.29) is 24.9 Å². The number of carbonyl (C=O) groups excluding carboxylic acids is 1. The van der Waals surface area contributed by atoms with Crippen LogP contribution >= 0.6 is 0 Å². The second kappa shape index (κ2) is 8.67. The third-order valence-electron chi connectivity index (χ3n) is 4.63. The van der Waals surface area contributed by atoms with E-state index in [1.54, 1.807) is 0 Å². The van der Waals surface area contributed by atoms with Gasteiger partial charge in [-0.2, -0.15) is 4.31 Å². The summed E-state index contributed by atoms with van der Waals surface area (Å²) in [4.78, 5) is 14.2. The van der Waals surface area contributed by atoms with Crippen molar-refractivity contribution in [2.24, 2.45) is 0 Å². The van der Waals surface area contributed by atoms with Crippen LogP contribution in [0.5, 0.6) is 0 Å². The summed E-state index contributed by atoms with van der Waals surface area (Å²) in [6.07, 6.45) is 6.46. The number of rotatable bonds is 7. The molecule has 1 aliphatic carbocycles. The van der Waals surface area contributed by atoms with E-state index >= 15 is 0 Å². The standard InChI is InChI=1S/C18H29N3O3S/c1-20(2)16-11-9-15(10-12-16)19-18(22)13-14-21(25(3,23)24)17-7-5-4-6-8-17/h9-12,17H,4-8,13-14H2,1-3H3,(H,19,22). The highest BCUT2D eigenvalue weighted by Crippen LogP contribution is 2.24. The molecule has 1 fully saturated rings. The van der Waals surface area contributed by atoms with Crippen LogP contribution in [0, 0.1) is 0 Å². The molecule has 25 heavy (non-hydrogen) atoms. The molecule has 1 aromatic carbocycles. The SMILES string of the molecule is CN(C)c1ccc(NC(=O)CCN(C2CCCCC2)S(C)(=O)=O)cc1. The van der Waals surface area contributed by atoms with Crippen LogP contribution in [0.2, 0.25) is 0 Å². The van der Waals surface area contributed by atoms with Crippen LogP contribution in [0.4, 0.5) is 11.4 Å². The number of amides is 1. The number of anilines is 2. The van der Waals surface area contributed by atoms with Crippen molar-refractivity contribution in [1.82, 2.24) is 4.31 Å². The molecule has 2 rings (SSSR count). The summed E-state index contributed by atoms with van der Waals surface area (Å²) in [7, 11) is 0.614. The molecule has 0 unspecified atom stereocenters. The Morgan fingerprint density at radius 2 is 1.72 bits per heavy atom. The van der Waals surface area contributed by atoms with E-state index in [2.05, 4.69) is 5.32 Å². The van der Waals surface area contributed by atoms with Gasteiger partial charge in [0.05, 0.1) is 6.26 Å². The van der Waals surface area contributed by atoms with Gasteiger partial charge in [0.2, 0.25) is 15.9 Å². The molecule has 140 valence electrons. The predicted molar refractivity (Wildman–Crippen MR) is 102 cm³/mol. The number of carbonyl (C=O) groups is 1. The zero-order chi connectivity index (χ0) is 18.4. The molecule has 0 aliphatic heterocycles. The zero-order valence-electron chi connectivity index (χ0n) is 15.4. The highest BCUT2D eigenvalue weighted by atomic mass is 32.2. The summed E-state index contributed by atoms with van der Waals surface area (Å²) in [5.41, 5.74) is 1.78. The first-order valence-corrected chi connectivity index (χ1v) is 10.7. The Balaban J connectivity index is 1.91. The Bertz CT molecular complexity index is 665. The molecule has 1 amide bonds. The van der Waals surface area contributed by atoms with Crippen LogP contribution in [0.3, 0.4) is 0 Å². The Morgan fingerprint density at radius 1 is 1.12 bits per heavy atom. The molecular weight excluding hydrogens is 338 g/mol. The summed E-state index contributed by atoms with van der Waals surface area (Å²) in [5, 5.41) is 2.84. The highest BCUT2D eigenvalue weighted by molar-refractivity contribution is 7.88. The first-order valence-electron chi connectivity index (χ1n) is 8.81. The Labute approximate surface area is 151 Å². The summed E-state index contributed by atoms with van der Waals surface area (Å²) in [6, 6.07) is 7.60. The first-order chi connectivity index (χ1) is 11.8. The lowest BCUT2D eigenvalue weighted by Gasteiger charge is -2.32. The molecule has 1 aliphatic rings. The number of sulfonamides is 1. The molecule has 0 radical (unpaired) electrons. The molecule has 6 nitrogen and oxygen atoms in total. The van der Waals surface area contributed by atoms with Crippen molar-refractivity contribution >= 4 is 27.3 Å². The first kappa shape index (κ1) is 19.7. The molecule has 0 heterocycles. The minimum absolute atomic E-state index is 0.0379. The molecule has 0 bridgehead atoms. The molecule has 0 saturated heterocycles. The van der Waals surface area contributed by atoms with Crippen LogP contribution in [0.25, 0.3) is 0 Å². The van der Waals surface area contributed by atoms with Gasteiger partial charge in [-0.1, -0.05) is 19.3 Å². The summed E-state index contributed by atoms with van der Waals surface area (Å²) in [5.74, 6) is -0.165. The average molecular weight is 368 g/mol. The normalized spacial score (nSPS) is 16.0. The summed E-state index contributed by atoms with van der Waals surface area (Å²) < 4.78 is 25.7. The monoisotopic (exact) mass is 367 g/mol. The lowest BCUT2D eigenvalue weighted by molar-refractivity contribution is -0.116. The average Bonchev–Trinajstić information content (AvgIpc) is 2.55. The smallest absolute Gasteiger partial charge is 0.225 e. The fourth-order valence-electron chi connectivity index (χ4n) is 3.27. The minimum Gasteiger partial charge on any atom is -0.378 e. The second-order valence-corrected chi connectivity index (χ2v) is 8.84. The van der Waals surface area contributed by atoms with Gasteiger partial charge in [0.1, 0.15) is 0 Å². The van der Waals surface area contributed by atoms with Crippen LogP contribution in [0.15, 0.2) is 24.3 Å². The van der Waals surface area contributed by atoms with Crippen LogP contribution in [0.1, 0.15) is 38.5 Å². The minimum atomic E-state index is -3.30. The molecule has 0 spiro atoms. The third-order valence-corrected chi connectivity index (χ3v) is 5.97. The predicted octanol–water partition coefficient (Wildman–Crippen LogP) is 2.68. The second-order valence-electron chi connectivity index (χ2n) is 6.91. The lowest BCUT2D eigenvalue weighted by Crippen LogP contribution is -2.42. The Hall–Kier alpha value is -1.60. The Kier molecular flexibility index (Phi) is 6.84. The van der Waals surface area contributed by atoms with Gasteiger partial charge in [0.15, 0.2) is 0 Å². The largest absolute Gasteiger partial charge is 0.378 e. The molecule has 1 aromatic rings. The molecule has 7 heteroatoms. The van der Waals surface area contributed by atoms with Gasteiger partial charge in [-0.25, -0.2) is 8.42 Å². The molecular formula is C18H29N3O3S. The fourth-order valence-corrected chi connectivity index (χ4v) is 4.44. The van der Waals surface area contributed by atoms with Gasteiger partial charge >= 0.3 is 0 Å². The maximum Gasteiger partial charge on any atom is 0.225 e. The van der Waals surface area contributed by atoms with Gasteiger partial charge in [-0.05, 0) is 37.1 Å². The van der Waals surface area contributed by atoms with Crippen molar-refractivity contribution in [3.8, 4) is 0 Å². The van der Waals surface area contributed by atoms with E-state index in [9.17, 15) is 13.2 Å². The zero-order valence-corrected chi connectivity index (χ0v) is 16.2. The third kappa shape index (κ3) is 6.01. The van der Waals surface area contributed by atoms with Gasteiger partial charge in [-0.15, -0.1) is 0 Å². The lowest BCUT2D eigenvalue weighted by atomic mass is 9.95. The van der Waals surface area contributed by atoms with E-state index in [0.29, 0.717) is 0 Å². The van der Waals surface area contributed by atoms with E-state index in [4.69, 9.17) is 0 Å². The van der Waals surface area contributed by atoms with E-state index in [1.165, 1.54) is 10.6 Å². The maximum atomic E-state index is 12.2. The van der Waals surface area contributed by atoms with Crippen molar-refractivity contribution < 1.29 is 13.2 Å². The van der Waals surface area contributed by atoms with Crippen LogP contribution in [-0.2, 0) is 14.8 Å². The van der Waals surface area contributed by atoms with Crippen molar-refractivity contribution in [2.75, 3.05) is 37.1 Å².